The number of amides is 1. The van der Waals surface area contributed by atoms with Gasteiger partial charge in [-0.2, -0.15) is 0 Å². The molecular formula is C19H19N5O2S. The molecule has 0 aliphatic carbocycles. The molecule has 5 heterocycles. The van der Waals surface area contributed by atoms with Crippen molar-refractivity contribution < 1.29 is 9.59 Å². The molecule has 0 spiro atoms. The predicted octanol–water partition coefficient (Wildman–Crippen LogP) is 2.25. The van der Waals surface area contributed by atoms with Gasteiger partial charge in [-0.1, -0.05) is 0 Å². The summed E-state index contributed by atoms with van der Waals surface area (Å²) in [5, 5.41) is 2.90. The molecule has 3 aromatic rings. The highest BCUT2D eigenvalue weighted by atomic mass is 32.1. The van der Waals surface area contributed by atoms with Crippen molar-refractivity contribution in [1.82, 2.24) is 19.9 Å². The number of rotatable bonds is 4. The molecule has 5 rings (SSSR count). The fourth-order valence-corrected chi connectivity index (χ4v) is 5.16. The zero-order chi connectivity index (χ0) is 18.4. The number of nitrogens with one attached hydrogen (secondary N) is 1. The lowest BCUT2D eigenvalue weighted by molar-refractivity contribution is -0.107. The minimum Gasteiger partial charge on any atom is -0.352 e. The molecule has 2 aliphatic rings. The number of piperazine rings is 1. The normalized spacial score (nSPS) is 21.8. The lowest BCUT2D eigenvalue weighted by Gasteiger charge is -2.41. The summed E-state index contributed by atoms with van der Waals surface area (Å²) in [6.45, 7) is 1.57. The largest absolute Gasteiger partial charge is 0.352 e. The molecule has 0 aromatic carbocycles. The monoisotopic (exact) mass is 381 g/mol. The van der Waals surface area contributed by atoms with Gasteiger partial charge in [0, 0.05) is 36.0 Å². The van der Waals surface area contributed by atoms with E-state index in [0.29, 0.717) is 12.0 Å². The summed E-state index contributed by atoms with van der Waals surface area (Å²) in [6, 6.07) is 4.25. The Morgan fingerprint density at radius 2 is 2.11 bits per heavy atom. The molecule has 2 bridgehead atoms. The second kappa shape index (κ2) is 6.45. The smallest absolute Gasteiger partial charge is 0.255 e. The Morgan fingerprint density at radius 1 is 1.30 bits per heavy atom. The molecule has 27 heavy (non-hydrogen) atoms. The summed E-state index contributed by atoms with van der Waals surface area (Å²) in [4.78, 5) is 41.0. The van der Waals surface area contributed by atoms with Crippen molar-refractivity contribution in [2.24, 2.45) is 0 Å². The van der Waals surface area contributed by atoms with Gasteiger partial charge in [-0.15, -0.1) is 11.3 Å². The highest BCUT2D eigenvalue weighted by molar-refractivity contribution is 7.10. The SMILES string of the molecule is O=CCc1cc(C(=O)N2C3CCC2CN(c2ncnc4[nH]ccc24)C3)cs1. The lowest BCUT2D eigenvalue weighted by Crippen LogP contribution is -2.56. The Morgan fingerprint density at radius 3 is 2.89 bits per heavy atom. The zero-order valence-electron chi connectivity index (χ0n) is 14.7. The number of carbonyl (C=O) groups is 2. The molecule has 8 heteroatoms. The number of aromatic nitrogens is 3. The fraction of sp³-hybridized carbons (Fsp3) is 0.368. The number of hydrogen-bond acceptors (Lipinski definition) is 6. The molecule has 2 saturated heterocycles. The average Bonchev–Trinajstić information content (AvgIpc) is 3.39. The second-order valence-corrected chi connectivity index (χ2v) is 8.11. The van der Waals surface area contributed by atoms with Gasteiger partial charge >= 0.3 is 0 Å². The Labute approximate surface area is 160 Å². The first kappa shape index (κ1) is 16.4. The highest BCUT2D eigenvalue weighted by Gasteiger charge is 2.43. The average molecular weight is 381 g/mol. The maximum absolute atomic E-state index is 13.1. The van der Waals surface area contributed by atoms with Crippen molar-refractivity contribution in [2.45, 2.75) is 31.3 Å². The van der Waals surface area contributed by atoms with Crippen LogP contribution in [-0.2, 0) is 11.2 Å². The van der Waals surface area contributed by atoms with Gasteiger partial charge in [-0.05, 0) is 25.0 Å². The standard InChI is InChI=1S/C19H19N5O2S/c25-6-4-15-7-12(10-27-15)19(26)24-13-1-2-14(24)9-23(8-13)18-16-3-5-20-17(16)21-11-22-18/h3,5-7,10-11,13-14H,1-2,4,8-9H2,(H,20,21,22). The van der Waals surface area contributed by atoms with Crippen LogP contribution in [0.2, 0.25) is 0 Å². The van der Waals surface area contributed by atoms with Gasteiger partial charge in [0.05, 0.1) is 23.0 Å². The Bertz CT molecular complexity index is 998. The van der Waals surface area contributed by atoms with E-state index in [1.54, 1.807) is 6.33 Å². The minimum absolute atomic E-state index is 0.0880. The number of H-pyrrole nitrogens is 1. The molecule has 2 unspecified atom stereocenters. The summed E-state index contributed by atoms with van der Waals surface area (Å²) in [5.74, 6) is 1.03. The van der Waals surface area contributed by atoms with E-state index in [1.807, 2.05) is 23.7 Å². The molecule has 2 atom stereocenters. The fourth-order valence-electron chi connectivity index (χ4n) is 4.35. The third kappa shape index (κ3) is 2.71. The third-order valence-corrected chi connectivity index (χ3v) is 6.49. The molecule has 7 nitrogen and oxygen atoms in total. The van der Waals surface area contributed by atoms with E-state index in [2.05, 4.69) is 24.8 Å². The number of hydrogen-bond donors (Lipinski definition) is 1. The van der Waals surface area contributed by atoms with Gasteiger partial charge < -0.3 is 19.6 Å². The summed E-state index contributed by atoms with van der Waals surface area (Å²) in [7, 11) is 0. The van der Waals surface area contributed by atoms with E-state index in [4.69, 9.17) is 0 Å². The van der Waals surface area contributed by atoms with Gasteiger partial charge in [-0.3, -0.25) is 4.79 Å². The first-order chi connectivity index (χ1) is 13.2. The van der Waals surface area contributed by atoms with Gasteiger partial charge in [-0.25, -0.2) is 9.97 Å². The Hall–Kier alpha value is -2.74. The van der Waals surface area contributed by atoms with Crippen molar-refractivity contribution in [3.05, 3.63) is 40.5 Å². The third-order valence-electron chi connectivity index (χ3n) is 5.53. The van der Waals surface area contributed by atoms with Crippen molar-refractivity contribution in [1.29, 1.82) is 0 Å². The molecule has 0 radical (unpaired) electrons. The van der Waals surface area contributed by atoms with Crippen LogP contribution >= 0.6 is 11.3 Å². The van der Waals surface area contributed by atoms with Crippen LogP contribution in [0.1, 0.15) is 28.1 Å². The molecule has 1 amide bonds. The minimum atomic E-state index is 0.0880. The molecule has 138 valence electrons. The maximum atomic E-state index is 13.1. The van der Waals surface area contributed by atoms with E-state index < -0.39 is 0 Å². The van der Waals surface area contributed by atoms with Gasteiger partial charge in [0.2, 0.25) is 0 Å². The lowest BCUT2D eigenvalue weighted by atomic mass is 10.1. The summed E-state index contributed by atoms with van der Waals surface area (Å²) < 4.78 is 0. The number of aldehydes is 1. The number of thiophene rings is 1. The van der Waals surface area contributed by atoms with Crippen LogP contribution in [0.25, 0.3) is 11.0 Å². The quantitative estimate of drug-likeness (QED) is 0.701. The topological polar surface area (TPSA) is 82.2 Å². The van der Waals surface area contributed by atoms with Crippen LogP contribution in [0.4, 0.5) is 5.82 Å². The molecule has 2 fully saturated rings. The van der Waals surface area contributed by atoms with E-state index >= 15 is 0 Å². The van der Waals surface area contributed by atoms with Crippen LogP contribution in [0.15, 0.2) is 30.0 Å². The Kier molecular flexibility index (Phi) is 3.93. The summed E-state index contributed by atoms with van der Waals surface area (Å²) in [5.41, 5.74) is 1.55. The maximum Gasteiger partial charge on any atom is 0.255 e. The predicted molar refractivity (Wildman–Crippen MR) is 103 cm³/mol. The van der Waals surface area contributed by atoms with Crippen LogP contribution < -0.4 is 4.90 Å². The second-order valence-electron chi connectivity index (χ2n) is 7.11. The van der Waals surface area contributed by atoms with E-state index in [0.717, 1.165) is 53.9 Å². The number of fused-ring (bicyclic) bond motifs is 3. The first-order valence-electron chi connectivity index (χ1n) is 9.11. The number of nitrogens with zero attached hydrogens (tertiary/aromatic N) is 4. The first-order valence-corrected chi connectivity index (χ1v) is 9.99. The van der Waals surface area contributed by atoms with E-state index in [9.17, 15) is 9.59 Å². The number of anilines is 1. The highest BCUT2D eigenvalue weighted by Crippen LogP contribution is 2.35. The van der Waals surface area contributed by atoms with E-state index in [1.165, 1.54) is 11.3 Å². The van der Waals surface area contributed by atoms with Gasteiger partial charge in [0.25, 0.3) is 5.91 Å². The van der Waals surface area contributed by atoms with E-state index in [-0.39, 0.29) is 18.0 Å². The van der Waals surface area contributed by atoms with Crippen LogP contribution in [0, 0.1) is 0 Å². The molecular weight excluding hydrogens is 362 g/mol. The molecule has 2 aliphatic heterocycles. The number of carbonyl (C=O) groups excluding carboxylic acids is 2. The number of aromatic amines is 1. The molecule has 0 saturated carbocycles. The molecule has 1 N–H and O–H groups in total. The Balaban J connectivity index is 1.39. The van der Waals surface area contributed by atoms with Crippen LogP contribution in [0.3, 0.4) is 0 Å². The van der Waals surface area contributed by atoms with Crippen molar-refractivity contribution in [3.63, 3.8) is 0 Å². The van der Waals surface area contributed by atoms with Crippen LogP contribution in [0.5, 0.6) is 0 Å². The zero-order valence-corrected chi connectivity index (χ0v) is 15.5. The van der Waals surface area contributed by atoms with Crippen molar-refractivity contribution in [2.75, 3.05) is 18.0 Å². The van der Waals surface area contributed by atoms with Crippen LogP contribution in [-0.4, -0.2) is 57.2 Å². The van der Waals surface area contributed by atoms with Gasteiger partial charge in [0.15, 0.2) is 0 Å². The summed E-state index contributed by atoms with van der Waals surface area (Å²) >= 11 is 1.48. The molecule has 3 aromatic heterocycles. The van der Waals surface area contributed by atoms with Crippen molar-refractivity contribution in [3.8, 4) is 0 Å². The van der Waals surface area contributed by atoms with Gasteiger partial charge in [0.1, 0.15) is 24.1 Å². The van der Waals surface area contributed by atoms with Crippen molar-refractivity contribution >= 4 is 40.4 Å². The summed E-state index contributed by atoms with van der Waals surface area (Å²) in [6.07, 6.45) is 6.75.